The fraction of sp³-hybridized carbons (Fsp3) is 0.630. The number of carboxylic acids is 1. The first kappa shape index (κ1) is 27.9. The first-order valence-electron chi connectivity index (χ1n) is 12.1. The van der Waals surface area contributed by atoms with E-state index in [1.165, 1.54) is 5.56 Å². The van der Waals surface area contributed by atoms with Gasteiger partial charge in [-0.3, -0.25) is 9.69 Å². The number of carboxylic acid groups (broad SMARTS) is 1. The summed E-state index contributed by atoms with van der Waals surface area (Å²) in [5.74, 6) is 0.545. The number of aromatic nitrogens is 1. The van der Waals surface area contributed by atoms with Gasteiger partial charge in [0.1, 0.15) is 5.69 Å². The maximum atomic E-state index is 11.6. The molecule has 1 fully saturated rings. The van der Waals surface area contributed by atoms with Crippen molar-refractivity contribution in [2.24, 2.45) is 17.3 Å². The van der Waals surface area contributed by atoms with Crippen LogP contribution in [0.4, 0.5) is 0 Å². The first-order valence-corrected chi connectivity index (χ1v) is 12.1. The molecule has 180 valence electrons. The first-order chi connectivity index (χ1) is 15.1. The average molecular weight is 445 g/mol. The van der Waals surface area contributed by atoms with E-state index in [2.05, 4.69) is 62.9 Å². The van der Waals surface area contributed by atoms with E-state index in [0.717, 1.165) is 30.0 Å². The van der Waals surface area contributed by atoms with Crippen LogP contribution in [0.3, 0.4) is 0 Å². The standard InChI is InChI=1S/C23H32N2O3.2C2H6/c1-15(2)16-7-6-8-17(9-16)21-11-20(28-24-21)14-25-12-18(22(26)27)10-19(13-25)23(3,4)5;2*1-2/h6-9,11,15,18-19H,10,12-14H2,1-5H3,(H,26,27);2*1-2H3. The molecule has 0 saturated carbocycles. The molecule has 2 atom stereocenters. The maximum absolute atomic E-state index is 11.6. The Morgan fingerprint density at radius 3 is 2.38 bits per heavy atom. The molecule has 1 aliphatic heterocycles. The summed E-state index contributed by atoms with van der Waals surface area (Å²) in [4.78, 5) is 13.8. The quantitative estimate of drug-likeness (QED) is 0.533. The second kappa shape index (κ2) is 12.8. The Morgan fingerprint density at radius 1 is 1.16 bits per heavy atom. The van der Waals surface area contributed by atoms with Gasteiger partial charge in [0, 0.05) is 24.7 Å². The molecule has 1 N–H and O–H groups in total. The Hall–Kier alpha value is -2.14. The second-order valence-electron chi connectivity index (χ2n) is 9.49. The Morgan fingerprint density at radius 2 is 1.81 bits per heavy atom. The number of hydrogen-bond donors (Lipinski definition) is 1. The van der Waals surface area contributed by atoms with Crippen molar-refractivity contribution < 1.29 is 14.4 Å². The van der Waals surface area contributed by atoms with Crippen molar-refractivity contribution >= 4 is 5.97 Å². The number of hydrogen-bond acceptors (Lipinski definition) is 4. The van der Waals surface area contributed by atoms with E-state index in [9.17, 15) is 9.90 Å². The second-order valence-corrected chi connectivity index (χ2v) is 9.49. The van der Waals surface area contributed by atoms with Gasteiger partial charge >= 0.3 is 5.97 Å². The van der Waals surface area contributed by atoms with Crippen molar-refractivity contribution in [3.05, 3.63) is 41.7 Å². The zero-order chi connectivity index (χ0) is 24.5. The summed E-state index contributed by atoms with van der Waals surface area (Å²) in [6.45, 7) is 20.9. The molecule has 1 aromatic carbocycles. The summed E-state index contributed by atoms with van der Waals surface area (Å²) in [5.41, 5.74) is 3.24. The molecular formula is C27H44N2O3. The topological polar surface area (TPSA) is 66.6 Å². The van der Waals surface area contributed by atoms with Crippen LogP contribution in [0.25, 0.3) is 11.3 Å². The highest BCUT2D eigenvalue weighted by Gasteiger charge is 2.37. The van der Waals surface area contributed by atoms with Gasteiger partial charge < -0.3 is 9.63 Å². The highest BCUT2D eigenvalue weighted by atomic mass is 16.5. The summed E-state index contributed by atoms with van der Waals surface area (Å²) < 4.78 is 5.60. The van der Waals surface area contributed by atoms with Crippen molar-refractivity contribution in [2.75, 3.05) is 13.1 Å². The van der Waals surface area contributed by atoms with Crippen LogP contribution < -0.4 is 0 Å². The van der Waals surface area contributed by atoms with E-state index >= 15 is 0 Å². The zero-order valence-electron chi connectivity index (χ0n) is 21.6. The third-order valence-electron chi connectivity index (χ3n) is 5.89. The normalized spacial score (nSPS) is 18.9. The largest absolute Gasteiger partial charge is 0.481 e. The van der Waals surface area contributed by atoms with Crippen molar-refractivity contribution in [2.45, 2.75) is 81.2 Å². The summed E-state index contributed by atoms with van der Waals surface area (Å²) in [6, 6.07) is 10.4. The van der Waals surface area contributed by atoms with Crippen LogP contribution in [0.5, 0.6) is 0 Å². The van der Waals surface area contributed by atoms with E-state index < -0.39 is 5.97 Å². The Labute approximate surface area is 195 Å². The predicted octanol–water partition coefficient (Wildman–Crippen LogP) is 7.09. The maximum Gasteiger partial charge on any atom is 0.307 e. The average Bonchev–Trinajstić information content (AvgIpc) is 3.24. The highest BCUT2D eigenvalue weighted by Crippen LogP contribution is 2.36. The number of likely N-dealkylation sites (tertiary alicyclic amines) is 1. The van der Waals surface area contributed by atoms with Crippen LogP contribution in [0.1, 0.15) is 86.0 Å². The third kappa shape index (κ3) is 7.77. The van der Waals surface area contributed by atoms with Crippen LogP contribution in [0, 0.1) is 17.3 Å². The molecule has 0 amide bonds. The van der Waals surface area contributed by atoms with Crippen LogP contribution in [-0.2, 0) is 11.3 Å². The van der Waals surface area contributed by atoms with Gasteiger partial charge in [-0.05, 0) is 35.3 Å². The fourth-order valence-electron chi connectivity index (χ4n) is 3.93. The monoisotopic (exact) mass is 444 g/mol. The lowest BCUT2D eigenvalue weighted by molar-refractivity contribution is -0.145. The third-order valence-corrected chi connectivity index (χ3v) is 5.89. The lowest BCUT2D eigenvalue weighted by Crippen LogP contribution is -2.46. The van der Waals surface area contributed by atoms with Gasteiger partial charge in [0.15, 0.2) is 5.76 Å². The molecule has 32 heavy (non-hydrogen) atoms. The highest BCUT2D eigenvalue weighted by molar-refractivity contribution is 5.70. The van der Waals surface area contributed by atoms with E-state index in [4.69, 9.17) is 4.52 Å². The molecule has 0 aliphatic carbocycles. The predicted molar refractivity (Wildman–Crippen MR) is 133 cm³/mol. The molecule has 3 rings (SSSR count). The van der Waals surface area contributed by atoms with E-state index in [-0.39, 0.29) is 11.3 Å². The minimum Gasteiger partial charge on any atom is -0.481 e. The van der Waals surface area contributed by atoms with Crippen LogP contribution in [0.2, 0.25) is 0 Å². The number of carbonyl (C=O) groups is 1. The van der Waals surface area contributed by atoms with Crippen molar-refractivity contribution in [1.82, 2.24) is 10.1 Å². The molecule has 5 nitrogen and oxygen atoms in total. The molecule has 0 spiro atoms. The molecule has 2 heterocycles. The van der Waals surface area contributed by atoms with Gasteiger partial charge in [0.2, 0.25) is 0 Å². The van der Waals surface area contributed by atoms with Gasteiger partial charge in [-0.25, -0.2) is 0 Å². The van der Waals surface area contributed by atoms with Crippen LogP contribution in [0.15, 0.2) is 34.9 Å². The fourth-order valence-corrected chi connectivity index (χ4v) is 3.93. The smallest absolute Gasteiger partial charge is 0.307 e. The minimum atomic E-state index is -0.706. The molecule has 2 unspecified atom stereocenters. The summed E-state index contributed by atoms with van der Waals surface area (Å²) in [7, 11) is 0. The molecule has 1 aliphatic rings. The number of aliphatic carboxylic acids is 1. The number of rotatable bonds is 5. The van der Waals surface area contributed by atoms with Gasteiger partial charge in [0.05, 0.1) is 12.5 Å². The molecule has 2 aromatic rings. The van der Waals surface area contributed by atoms with Crippen molar-refractivity contribution in [3.63, 3.8) is 0 Å². The number of nitrogens with zero attached hydrogens (tertiary/aromatic N) is 2. The lowest BCUT2D eigenvalue weighted by atomic mass is 9.73. The Bertz CT molecular complexity index is 820. The molecular weight excluding hydrogens is 400 g/mol. The van der Waals surface area contributed by atoms with Crippen LogP contribution in [-0.4, -0.2) is 34.2 Å². The summed E-state index contributed by atoms with van der Waals surface area (Å²) in [5, 5.41) is 13.8. The zero-order valence-corrected chi connectivity index (χ0v) is 21.6. The van der Waals surface area contributed by atoms with Crippen LogP contribution >= 0.6 is 0 Å². The van der Waals surface area contributed by atoms with E-state index in [1.54, 1.807) is 0 Å². The number of benzene rings is 1. The lowest BCUT2D eigenvalue weighted by Gasteiger charge is -2.41. The molecule has 1 saturated heterocycles. The van der Waals surface area contributed by atoms with Gasteiger partial charge in [-0.15, -0.1) is 0 Å². The molecule has 5 heteroatoms. The SMILES string of the molecule is CC.CC.CC(C)c1cccc(-c2cc(CN3CC(C(=O)O)CC(C(C)(C)C)C3)on2)c1. The molecule has 0 radical (unpaired) electrons. The summed E-state index contributed by atoms with van der Waals surface area (Å²) in [6.07, 6.45) is 0.735. The molecule has 1 aromatic heterocycles. The Balaban J connectivity index is 0.00000121. The van der Waals surface area contributed by atoms with Gasteiger partial charge in [-0.1, -0.05) is 85.7 Å². The van der Waals surface area contributed by atoms with Gasteiger partial charge in [0.25, 0.3) is 0 Å². The van der Waals surface area contributed by atoms with E-state index in [0.29, 0.717) is 24.9 Å². The minimum absolute atomic E-state index is 0.0796. The Kier molecular flexibility index (Phi) is 11.1. The van der Waals surface area contributed by atoms with Gasteiger partial charge in [-0.2, -0.15) is 0 Å². The van der Waals surface area contributed by atoms with Crippen molar-refractivity contribution in [1.29, 1.82) is 0 Å². The van der Waals surface area contributed by atoms with Crippen molar-refractivity contribution in [3.8, 4) is 11.3 Å². The summed E-state index contributed by atoms with van der Waals surface area (Å²) >= 11 is 0. The molecule has 0 bridgehead atoms. The van der Waals surface area contributed by atoms with E-state index in [1.807, 2.05) is 39.8 Å². The number of piperidine rings is 1.